The zero-order valence-electron chi connectivity index (χ0n) is 23.3. The fourth-order valence-electron chi connectivity index (χ4n) is 5.64. The molecule has 3 aromatic carbocycles. The van der Waals surface area contributed by atoms with Crippen molar-refractivity contribution < 1.29 is 0 Å². The van der Waals surface area contributed by atoms with Crippen molar-refractivity contribution >= 4 is 21.8 Å². The molecule has 38 heavy (non-hydrogen) atoms. The van der Waals surface area contributed by atoms with E-state index in [1.807, 2.05) is 12.1 Å². The Labute approximate surface area is 230 Å². The molecule has 0 aliphatic heterocycles. The molecule has 0 amide bonds. The standard InChI is InChI=1S/C37H43N/c1-4-7-8-9-10-11-12-13-14-15-16-17-18-19-32-20-24-33(25-21-32)38-36-26-22-30(5-2)28-34(36)35-29-31(6-3)23-27-37(35)38/h2-3,20-29H,4,7-19H2,1H3. The Kier molecular flexibility index (Phi) is 10.5. The lowest BCUT2D eigenvalue weighted by molar-refractivity contribution is 0.539. The highest BCUT2D eigenvalue weighted by molar-refractivity contribution is 6.10. The lowest BCUT2D eigenvalue weighted by Crippen LogP contribution is -1.95. The van der Waals surface area contributed by atoms with Gasteiger partial charge in [0.05, 0.1) is 11.0 Å². The molecule has 1 heteroatoms. The Morgan fingerprint density at radius 3 is 1.45 bits per heavy atom. The second-order valence-corrected chi connectivity index (χ2v) is 10.7. The molecule has 1 aromatic heterocycles. The van der Waals surface area contributed by atoms with Crippen LogP contribution in [0, 0.1) is 24.7 Å². The van der Waals surface area contributed by atoms with Crippen molar-refractivity contribution in [3.05, 3.63) is 77.4 Å². The number of benzene rings is 3. The van der Waals surface area contributed by atoms with Crippen LogP contribution in [0.3, 0.4) is 0 Å². The number of rotatable bonds is 15. The van der Waals surface area contributed by atoms with Gasteiger partial charge in [0.25, 0.3) is 0 Å². The Balaban J connectivity index is 1.28. The van der Waals surface area contributed by atoms with Gasteiger partial charge in [0.15, 0.2) is 0 Å². The van der Waals surface area contributed by atoms with Gasteiger partial charge in [0, 0.05) is 27.6 Å². The average molecular weight is 502 g/mol. The SMILES string of the molecule is C#Cc1ccc2c(c1)c1cc(C#C)ccc1n2-c1ccc(CCCCCCCCCCCCCCC)cc1. The van der Waals surface area contributed by atoms with Crippen molar-refractivity contribution in [3.8, 4) is 30.4 Å². The minimum atomic E-state index is 0.885. The smallest absolute Gasteiger partial charge is 0.0541 e. The fraction of sp³-hybridized carbons (Fsp3) is 0.405. The van der Waals surface area contributed by atoms with Crippen molar-refractivity contribution in [1.29, 1.82) is 0 Å². The van der Waals surface area contributed by atoms with Crippen LogP contribution >= 0.6 is 0 Å². The van der Waals surface area contributed by atoms with Gasteiger partial charge in [-0.05, 0) is 66.9 Å². The minimum Gasteiger partial charge on any atom is -0.309 e. The maximum Gasteiger partial charge on any atom is 0.0541 e. The molecule has 0 aliphatic rings. The fourth-order valence-corrected chi connectivity index (χ4v) is 5.64. The number of aromatic nitrogens is 1. The molecule has 4 rings (SSSR count). The van der Waals surface area contributed by atoms with Crippen LogP contribution in [-0.4, -0.2) is 4.57 Å². The van der Waals surface area contributed by atoms with E-state index in [2.05, 4.69) is 71.9 Å². The van der Waals surface area contributed by atoms with E-state index in [4.69, 9.17) is 12.8 Å². The van der Waals surface area contributed by atoms with Crippen molar-refractivity contribution in [3.63, 3.8) is 0 Å². The van der Waals surface area contributed by atoms with Gasteiger partial charge in [-0.1, -0.05) is 108 Å². The summed E-state index contributed by atoms with van der Waals surface area (Å²) in [5.74, 6) is 5.54. The van der Waals surface area contributed by atoms with Gasteiger partial charge in [0.1, 0.15) is 0 Å². The van der Waals surface area contributed by atoms with Gasteiger partial charge >= 0.3 is 0 Å². The van der Waals surface area contributed by atoms with Crippen molar-refractivity contribution in [1.82, 2.24) is 4.57 Å². The number of hydrogen-bond acceptors (Lipinski definition) is 0. The Bertz CT molecular complexity index is 1320. The summed E-state index contributed by atoms with van der Waals surface area (Å²) in [6.45, 7) is 2.29. The van der Waals surface area contributed by atoms with E-state index < -0.39 is 0 Å². The normalized spacial score (nSPS) is 11.1. The predicted molar refractivity (Wildman–Crippen MR) is 166 cm³/mol. The van der Waals surface area contributed by atoms with Crippen molar-refractivity contribution in [2.75, 3.05) is 0 Å². The third-order valence-corrected chi connectivity index (χ3v) is 7.86. The van der Waals surface area contributed by atoms with Gasteiger partial charge in [-0.2, -0.15) is 0 Å². The lowest BCUT2D eigenvalue weighted by Gasteiger charge is -2.09. The monoisotopic (exact) mass is 501 g/mol. The van der Waals surface area contributed by atoms with Crippen LogP contribution in [0.1, 0.15) is 107 Å². The molecule has 0 spiro atoms. The van der Waals surface area contributed by atoms with Gasteiger partial charge in [-0.15, -0.1) is 12.8 Å². The molecule has 0 aliphatic carbocycles. The second kappa shape index (κ2) is 14.5. The summed E-state index contributed by atoms with van der Waals surface area (Å²) in [5, 5.41) is 2.28. The number of nitrogens with zero attached hydrogens (tertiary/aromatic N) is 1. The third-order valence-electron chi connectivity index (χ3n) is 7.86. The molecular weight excluding hydrogens is 458 g/mol. The molecule has 0 N–H and O–H groups in total. The van der Waals surface area contributed by atoms with Crippen LogP contribution in [-0.2, 0) is 6.42 Å². The zero-order valence-corrected chi connectivity index (χ0v) is 23.3. The summed E-state index contributed by atoms with van der Waals surface area (Å²) in [7, 11) is 0. The molecule has 0 unspecified atom stereocenters. The number of hydrogen-bond donors (Lipinski definition) is 0. The molecule has 0 fully saturated rings. The van der Waals surface area contributed by atoms with Crippen LogP contribution in [0.4, 0.5) is 0 Å². The quantitative estimate of drug-likeness (QED) is 0.113. The molecule has 0 saturated heterocycles. The largest absolute Gasteiger partial charge is 0.309 e. The first-order valence-electron chi connectivity index (χ1n) is 14.9. The number of unbranched alkanes of at least 4 members (excludes halogenated alkanes) is 12. The van der Waals surface area contributed by atoms with Crippen LogP contribution < -0.4 is 0 Å². The third kappa shape index (κ3) is 7.11. The van der Waals surface area contributed by atoms with Gasteiger partial charge < -0.3 is 4.57 Å². The number of terminal acetylenes is 2. The van der Waals surface area contributed by atoms with Crippen LogP contribution in [0.5, 0.6) is 0 Å². The van der Waals surface area contributed by atoms with Crippen LogP contribution in [0.2, 0.25) is 0 Å². The Morgan fingerprint density at radius 2 is 1.00 bits per heavy atom. The molecule has 4 aromatic rings. The topological polar surface area (TPSA) is 4.93 Å². The van der Waals surface area contributed by atoms with E-state index in [-0.39, 0.29) is 0 Å². The van der Waals surface area contributed by atoms with E-state index in [0.717, 1.165) is 39.4 Å². The Hall–Kier alpha value is -3.42. The molecular formula is C37H43N. The molecule has 0 saturated carbocycles. The van der Waals surface area contributed by atoms with E-state index in [9.17, 15) is 0 Å². The molecule has 0 atom stereocenters. The summed E-state index contributed by atoms with van der Waals surface area (Å²) < 4.78 is 2.32. The summed E-state index contributed by atoms with van der Waals surface area (Å²) in [5.41, 5.74) is 6.66. The molecule has 1 heterocycles. The summed E-state index contributed by atoms with van der Waals surface area (Å²) in [6, 6.07) is 21.6. The van der Waals surface area contributed by atoms with Crippen LogP contribution in [0.25, 0.3) is 27.5 Å². The van der Waals surface area contributed by atoms with Crippen molar-refractivity contribution in [2.45, 2.75) is 96.8 Å². The molecule has 0 bridgehead atoms. The highest BCUT2D eigenvalue weighted by atomic mass is 15.0. The summed E-state index contributed by atoms with van der Waals surface area (Å²) in [6.07, 6.45) is 30.7. The van der Waals surface area contributed by atoms with Gasteiger partial charge in [0.2, 0.25) is 0 Å². The highest BCUT2D eigenvalue weighted by Crippen LogP contribution is 2.33. The number of fused-ring (bicyclic) bond motifs is 3. The Morgan fingerprint density at radius 1 is 0.553 bits per heavy atom. The van der Waals surface area contributed by atoms with Gasteiger partial charge in [-0.3, -0.25) is 0 Å². The first kappa shape index (κ1) is 27.6. The minimum absolute atomic E-state index is 0.885. The molecule has 1 nitrogen and oxygen atoms in total. The number of aryl methyl sites for hydroxylation is 1. The zero-order chi connectivity index (χ0) is 26.6. The molecule has 196 valence electrons. The van der Waals surface area contributed by atoms with Crippen molar-refractivity contribution in [2.24, 2.45) is 0 Å². The average Bonchev–Trinajstić information content (AvgIpc) is 3.28. The van der Waals surface area contributed by atoms with E-state index >= 15 is 0 Å². The first-order chi connectivity index (χ1) is 18.7. The first-order valence-corrected chi connectivity index (χ1v) is 14.9. The summed E-state index contributed by atoms with van der Waals surface area (Å²) in [4.78, 5) is 0. The lowest BCUT2D eigenvalue weighted by atomic mass is 10.0. The summed E-state index contributed by atoms with van der Waals surface area (Å²) >= 11 is 0. The van der Waals surface area contributed by atoms with Crippen LogP contribution in [0.15, 0.2) is 60.7 Å². The maximum atomic E-state index is 5.69. The van der Waals surface area contributed by atoms with E-state index in [0.29, 0.717) is 0 Å². The van der Waals surface area contributed by atoms with E-state index in [1.165, 1.54) is 94.7 Å². The second-order valence-electron chi connectivity index (χ2n) is 10.7. The maximum absolute atomic E-state index is 5.69. The van der Waals surface area contributed by atoms with Gasteiger partial charge in [-0.25, -0.2) is 0 Å². The molecule has 0 radical (unpaired) electrons. The van der Waals surface area contributed by atoms with E-state index in [1.54, 1.807) is 0 Å². The highest BCUT2D eigenvalue weighted by Gasteiger charge is 2.13. The predicted octanol–water partition coefficient (Wildman–Crippen LogP) is 10.4.